The number of carbonyl (C=O) groups is 1. The number of aromatic nitrogens is 1. The second kappa shape index (κ2) is 11.6. The predicted octanol–water partition coefficient (Wildman–Crippen LogP) is 6.88. The van der Waals surface area contributed by atoms with Crippen molar-refractivity contribution in [2.75, 3.05) is 46.0 Å². The summed E-state index contributed by atoms with van der Waals surface area (Å²) in [6, 6.07) is 12.8. The van der Waals surface area contributed by atoms with E-state index in [1.807, 2.05) is 20.8 Å². The fourth-order valence-electron chi connectivity index (χ4n) is 6.33. The Bertz CT molecular complexity index is 1460. The highest BCUT2D eigenvalue weighted by Gasteiger charge is 2.44. The molecule has 2 aromatic carbocycles. The monoisotopic (exact) mass is 589 g/mol. The molecule has 6 rings (SSSR count). The van der Waals surface area contributed by atoms with E-state index >= 15 is 0 Å². The van der Waals surface area contributed by atoms with Gasteiger partial charge in [0.1, 0.15) is 16.4 Å². The molecule has 0 bridgehead atoms. The summed E-state index contributed by atoms with van der Waals surface area (Å²) < 4.78 is 17.4. The first-order valence-electron chi connectivity index (χ1n) is 15.2. The zero-order chi connectivity index (χ0) is 29.5. The summed E-state index contributed by atoms with van der Waals surface area (Å²) >= 11 is 1.74. The van der Waals surface area contributed by atoms with Crippen LogP contribution in [0.4, 0.5) is 4.79 Å². The number of nitrogens with zero attached hydrogens (tertiary/aromatic N) is 3. The Morgan fingerprint density at radius 1 is 1.05 bits per heavy atom. The number of rotatable bonds is 7. The fraction of sp³-hybridized carbons (Fsp3) is 0.529. The van der Waals surface area contributed by atoms with Crippen molar-refractivity contribution in [2.45, 2.75) is 66.0 Å². The van der Waals surface area contributed by atoms with Crippen LogP contribution in [0.5, 0.6) is 5.75 Å². The molecule has 3 aliphatic heterocycles. The number of fused-ring (bicyclic) bond motifs is 1. The lowest BCUT2D eigenvalue weighted by Gasteiger charge is -2.37. The summed E-state index contributed by atoms with van der Waals surface area (Å²) in [5.74, 6) is 0.953. The molecule has 1 aromatic heterocycles. The van der Waals surface area contributed by atoms with Crippen LogP contribution in [-0.2, 0) is 22.4 Å². The molecule has 8 heteroatoms. The number of carbonyl (C=O) groups excluding carboxylic acids is 1. The van der Waals surface area contributed by atoms with E-state index in [2.05, 4.69) is 55.1 Å². The molecule has 0 N–H and O–H groups in total. The van der Waals surface area contributed by atoms with E-state index in [0.717, 1.165) is 60.2 Å². The predicted molar refractivity (Wildman–Crippen MR) is 167 cm³/mol. The Kier molecular flexibility index (Phi) is 8.07. The molecule has 1 amide bonds. The highest BCUT2D eigenvalue weighted by Crippen LogP contribution is 2.40. The lowest BCUT2D eigenvalue weighted by atomic mass is 9.85. The Balaban J connectivity index is 1.13. The van der Waals surface area contributed by atoms with E-state index in [-0.39, 0.29) is 6.09 Å². The lowest BCUT2D eigenvalue weighted by molar-refractivity contribution is -0.105. The van der Waals surface area contributed by atoms with Crippen LogP contribution in [0.25, 0.3) is 21.7 Å². The number of ether oxygens (including phenoxy) is 3. The van der Waals surface area contributed by atoms with Gasteiger partial charge in [-0.05, 0) is 82.3 Å². The van der Waals surface area contributed by atoms with Crippen LogP contribution in [0.3, 0.4) is 0 Å². The number of benzene rings is 2. The molecule has 0 aliphatic carbocycles. The standard InChI is InChI=1S/C34H43N3O4S/c1-23-25(26-10-7-12-29(24(26)2)40-18-8-15-36-17-14-34(20-36)21-39-22-34)9-6-11-27(23)31-35-28-19-37(16-13-30(28)42-31)32(38)41-33(3,4)5/h6-7,9-12H,8,13-22H2,1-5H3. The van der Waals surface area contributed by atoms with E-state index in [1.54, 1.807) is 16.2 Å². The van der Waals surface area contributed by atoms with Crippen LogP contribution in [0, 0.1) is 19.3 Å². The number of likely N-dealkylation sites (tertiary alicyclic amines) is 1. The van der Waals surface area contributed by atoms with Gasteiger partial charge >= 0.3 is 6.09 Å². The van der Waals surface area contributed by atoms with Crippen LogP contribution in [0.2, 0.25) is 0 Å². The van der Waals surface area contributed by atoms with Gasteiger partial charge in [-0.25, -0.2) is 9.78 Å². The summed E-state index contributed by atoms with van der Waals surface area (Å²) in [7, 11) is 0. The van der Waals surface area contributed by atoms with Gasteiger partial charge in [-0.3, -0.25) is 0 Å². The van der Waals surface area contributed by atoms with Gasteiger partial charge < -0.3 is 24.0 Å². The highest BCUT2D eigenvalue weighted by atomic mass is 32.1. The van der Waals surface area contributed by atoms with Crippen molar-refractivity contribution < 1.29 is 19.0 Å². The minimum Gasteiger partial charge on any atom is -0.493 e. The molecule has 0 saturated carbocycles. The van der Waals surface area contributed by atoms with Crippen molar-refractivity contribution in [2.24, 2.45) is 5.41 Å². The van der Waals surface area contributed by atoms with E-state index in [4.69, 9.17) is 19.2 Å². The van der Waals surface area contributed by atoms with Gasteiger partial charge in [0.25, 0.3) is 0 Å². The van der Waals surface area contributed by atoms with Gasteiger partial charge in [0.15, 0.2) is 0 Å². The maximum Gasteiger partial charge on any atom is 0.410 e. The average Bonchev–Trinajstić information content (AvgIpc) is 3.56. The van der Waals surface area contributed by atoms with Crippen LogP contribution < -0.4 is 4.74 Å². The SMILES string of the molecule is Cc1c(OCCCN2CCC3(COC3)C2)cccc1-c1cccc(-c2nc3c(s2)CCN(C(=O)OC(C)(C)C)C3)c1C. The molecule has 0 unspecified atom stereocenters. The van der Waals surface area contributed by atoms with Crippen molar-refractivity contribution in [1.82, 2.24) is 14.8 Å². The molecule has 3 aromatic rings. The second-order valence-electron chi connectivity index (χ2n) is 13.2. The third-order valence-corrected chi connectivity index (χ3v) is 9.92. The molecule has 2 saturated heterocycles. The zero-order valence-corrected chi connectivity index (χ0v) is 26.4. The Morgan fingerprint density at radius 3 is 2.50 bits per heavy atom. The molecular formula is C34H43N3O4S. The molecular weight excluding hydrogens is 546 g/mol. The number of thiazole rings is 1. The van der Waals surface area contributed by atoms with Crippen molar-refractivity contribution >= 4 is 17.4 Å². The van der Waals surface area contributed by atoms with Crippen LogP contribution in [0.15, 0.2) is 36.4 Å². The Labute approximate surface area is 253 Å². The lowest BCUT2D eigenvalue weighted by Crippen LogP contribution is -2.44. The first kappa shape index (κ1) is 29.1. The van der Waals surface area contributed by atoms with Gasteiger partial charge in [-0.15, -0.1) is 11.3 Å². The van der Waals surface area contributed by atoms with Crippen molar-refractivity contribution in [3.63, 3.8) is 0 Å². The number of hydrogen-bond donors (Lipinski definition) is 0. The van der Waals surface area contributed by atoms with E-state index < -0.39 is 5.60 Å². The molecule has 0 atom stereocenters. The third-order valence-electron chi connectivity index (χ3n) is 8.73. The van der Waals surface area contributed by atoms with E-state index in [9.17, 15) is 4.79 Å². The van der Waals surface area contributed by atoms with Gasteiger partial charge in [0, 0.05) is 41.9 Å². The number of hydrogen-bond acceptors (Lipinski definition) is 7. The Hall–Kier alpha value is -2.94. The minimum atomic E-state index is -0.508. The largest absolute Gasteiger partial charge is 0.493 e. The molecule has 3 aliphatic rings. The summed E-state index contributed by atoms with van der Waals surface area (Å²) in [5.41, 5.74) is 6.81. The summed E-state index contributed by atoms with van der Waals surface area (Å²) in [4.78, 5) is 23.3. The Morgan fingerprint density at radius 2 is 1.79 bits per heavy atom. The zero-order valence-electron chi connectivity index (χ0n) is 25.6. The molecule has 4 heterocycles. The quantitative estimate of drug-likeness (QED) is 0.280. The van der Waals surface area contributed by atoms with Crippen LogP contribution in [0.1, 0.15) is 55.3 Å². The molecule has 1 spiro atoms. The molecule has 2 fully saturated rings. The molecule has 0 radical (unpaired) electrons. The maximum absolute atomic E-state index is 12.7. The normalized spacial score (nSPS) is 18.2. The maximum atomic E-state index is 12.7. The summed E-state index contributed by atoms with van der Waals surface area (Å²) in [6.45, 7) is 17.2. The first-order chi connectivity index (χ1) is 20.1. The molecule has 224 valence electrons. The second-order valence-corrected chi connectivity index (χ2v) is 14.3. The van der Waals surface area contributed by atoms with Crippen LogP contribution in [-0.4, -0.2) is 72.5 Å². The fourth-order valence-corrected chi connectivity index (χ4v) is 7.47. The summed E-state index contributed by atoms with van der Waals surface area (Å²) in [6.07, 6.45) is 2.82. The van der Waals surface area contributed by atoms with Crippen LogP contribution >= 0.6 is 11.3 Å². The molecule has 42 heavy (non-hydrogen) atoms. The van der Waals surface area contributed by atoms with E-state index in [1.165, 1.54) is 41.1 Å². The van der Waals surface area contributed by atoms with Crippen molar-refractivity contribution in [3.05, 3.63) is 58.1 Å². The topological polar surface area (TPSA) is 64.1 Å². The smallest absolute Gasteiger partial charge is 0.410 e. The van der Waals surface area contributed by atoms with Crippen molar-refractivity contribution in [3.8, 4) is 27.4 Å². The van der Waals surface area contributed by atoms with Crippen molar-refractivity contribution in [1.29, 1.82) is 0 Å². The van der Waals surface area contributed by atoms with Gasteiger partial charge in [-0.1, -0.05) is 30.3 Å². The third kappa shape index (κ3) is 6.08. The highest BCUT2D eigenvalue weighted by molar-refractivity contribution is 7.15. The van der Waals surface area contributed by atoms with Gasteiger partial charge in [0.2, 0.25) is 0 Å². The number of amides is 1. The van der Waals surface area contributed by atoms with E-state index in [0.29, 0.717) is 25.1 Å². The minimum absolute atomic E-state index is 0.272. The molecule has 7 nitrogen and oxygen atoms in total. The van der Waals surface area contributed by atoms with Gasteiger partial charge in [0.05, 0.1) is 32.1 Å². The van der Waals surface area contributed by atoms with Gasteiger partial charge in [-0.2, -0.15) is 0 Å². The first-order valence-corrected chi connectivity index (χ1v) is 16.0. The average molecular weight is 590 g/mol. The summed E-state index contributed by atoms with van der Waals surface area (Å²) in [5, 5.41) is 1.01.